The van der Waals surface area contributed by atoms with Crippen LogP contribution < -0.4 is 0 Å². The second-order valence-electron chi connectivity index (χ2n) is 3.69. The van der Waals surface area contributed by atoms with E-state index >= 15 is 0 Å². The summed E-state index contributed by atoms with van der Waals surface area (Å²) in [7, 11) is 5.91. The Bertz CT molecular complexity index is 152. The Labute approximate surface area is 87.5 Å². The van der Waals surface area contributed by atoms with Crippen molar-refractivity contribution in [3.63, 3.8) is 0 Å². The van der Waals surface area contributed by atoms with E-state index in [0.29, 0.717) is 0 Å². The summed E-state index contributed by atoms with van der Waals surface area (Å²) < 4.78 is 0. The Morgan fingerprint density at radius 1 is 1.00 bits per heavy atom. The quantitative estimate of drug-likeness (QED) is 0.507. The minimum Gasteiger partial charge on any atom is -0.347 e. The van der Waals surface area contributed by atoms with Gasteiger partial charge in [0.25, 0.3) is 0 Å². The van der Waals surface area contributed by atoms with Crippen molar-refractivity contribution in [1.29, 1.82) is 0 Å². The van der Waals surface area contributed by atoms with Gasteiger partial charge in [0.05, 0.1) is 0 Å². The Morgan fingerprint density at radius 3 is 2.00 bits per heavy atom. The molecule has 1 radical (unpaired) electrons. The molecule has 0 N–H and O–H groups in total. The van der Waals surface area contributed by atoms with Crippen molar-refractivity contribution in [2.24, 2.45) is 0 Å². The van der Waals surface area contributed by atoms with E-state index in [-0.39, 0.29) is 0 Å². The lowest BCUT2D eigenvalue weighted by atomic mass is 10.4. The van der Waals surface area contributed by atoms with Crippen LogP contribution >= 0.6 is 0 Å². The predicted molar refractivity (Wildman–Crippen MR) is 59.0 cm³/mol. The number of carbonyl (C=O) groups excluding carboxylic acids is 1. The van der Waals surface area contributed by atoms with Crippen LogP contribution in [-0.2, 0) is 4.79 Å². The minimum absolute atomic E-state index is 0.786. The summed E-state index contributed by atoms with van der Waals surface area (Å²) >= 11 is 0. The van der Waals surface area contributed by atoms with Crippen molar-refractivity contribution in [2.75, 3.05) is 53.9 Å². The molecule has 0 heterocycles. The zero-order valence-electron chi connectivity index (χ0n) is 9.57. The van der Waals surface area contributed by atoms with Crippen LogP contribution in [-0.4, -0.2) is 75.0 Å². The maximum absolute atomic E-state index is 10.3. The lowest BCUT2D eigenvalue weighted by Gasteiger charge is -2.22. The highest BCUT2D eigenvalue weighted by Crippen LogP contribution is 1.87. The van der Waals surface area contributed by atoms with E-state index in [1.54, 1.807) is 11.9 Å². The van der Waals surface area contributed by atoms with Gasteiger partial charge in [0, 0.05) is 33.2 Å². The molecular weight excluding hydrogens is 178 g/mol. The van der Waals surface area contributed by atoms with E-state index in [0.717, 1.165) is 39.1 Å². The van der Waals surface area contributed by atoms with E-state index in [4.69, 9.17) is 0 Å². The molecule has 0 aliphatic heterocycles. The van der Waals surface area contributed by atoms with Gasteiger partial charge in [0.15, 0.2) is 0 Å². The SMILES string of the molecule is [CH2]CN(C)CCN(C)CCN(C)C=O. The molecule has 0 aromatic heterocycles. The van der Waals surface area contributed by atoms with Gasteiger partial charge < -0.3 is 14.7 Å². The summed E-state index contributed by atoms with van der Waals surface area (Å²) in [6.07, 6.45) is 0.857. The molecule has 14 heavy (non-hydrogen) atoms. The van der Waals surface area contributed by atoms with E-state index in [2.05, 4.69) is 30.8 Å². The van der Waals surface area contributed by atoms with Crippen LogP contribution in [0.3, 0.4) is 0 Å². The highest BCUT2D eigenvalue weighted by molar-refractivity contribution is 5.46. The summed E-state index contributed by atoms with van der Waals surface area (Å²) in [5, 5.41) is 0. The standard InChI is InChI=1S/C10H22N3O/c1-5-11(2)6-7-12(3)8-9-13(4)10-14/h10H,1,5-9H2,2-4H3. The average Bonchev–Trinajstić information content (AvgIpc) is 2.22. The average molecular weight is 200 g/mol. The number of hydrogen-bond donors (Lipinski definition) is 0. The monoisotopic (exact) mass is 200 g/mol. The molecule has 0 spiro atoms. The third-order valence-electron chi connectivity index (χ3n) is 2.26. The molecule has 1 amide bonds. The van der Waals surface area contributed by atoms with Crippen LogP contribution in [0.5, 0.6) is 0 Å². The Morgan fingerprint density at radius 2 is 1.50 bits per heavy atom. The lowest BCUT2D eigenvalue weighted by Crippen LogP contribution is -2.35. The van der Waals surface area contributed by atoms with Gasteiger partial charge in [0.2, 0.25) is 6.41 Å². The van der Waals surface area contributed by atoms with Gasteiger partial charge in [-0.25, -0.2) is 0 Å². The van der Waals surface area contributed by atoms with E-state index < -0.39 is 0 Å². The third kappa shape index (κ3) is 6.86. The Kier molecular flexibility index (Phi) is 7.42. The predicted octanol–water partition coefficient (Wildman–Crippen LogP) is -0.228. The zero-order valence-corrected chi connectivity index (χ0v) is 9.57. The Hall–Kier alpha value is -0.610. The van der Waals surface area contributed by atoms with Crippen LogP contribution in [0.1, 0.15) is 0 Å². The molecule has 83 valence electrons. The molecule has 0 saturated carbocycles. The summed E-state index contributed by atoms with van der Waals surface area (Å²) in [4.78, 5) is 16.4. The van der Waals surface area contributed by atoms with Gasteiger partial charge in [0.1, 0.15) is 0 Å². The van der Waals surface area contributed by atoms with Crippen molar-refractivity contribution in [3.05, 3.63) is 6.92 Å². The van der Waals surface area contributed by atoms with Crippen LogP contribution in [0.25, 0.3) is 0 Å². The second kappa shape index (κ2) is 7.76. The molecular formula is C10H22N3O. The number of rotatable bonds is 8. The largest absolute Gasteiger partial charge is 0.347 e. The van der Waals surface area contributed by atoms with Crippen molar-refractivity contribution >= 4 is 6.41 Å². The smallest absolute Gasteiger partial charge is 0.209 e. The maximum atomic E-state index is 10.3. The van der Waals surface area contributed by atoms with E-state index in [1.807, 2.05) is 0 Å². The molecule has 0 unspecified atom stereocenters. The fourth-order valence-corrected chi connectivity index (χ4v) is 0.946. The Balaban J connectivity index is 3.45. The van der Waals surface area contributed by atoms with Crippen molar-refractivity contribution in [1.82, 2.24) is 14.7 Å². The van der Waals surface area contributed by atoms with Gasteiger partial charge in [-0.2, -0.15) is 0 Å². The molecule has 0 bridgehead atoms. The summed E-state index contributed by atoms with van der Waals surface area (Å²) in [6, 6.07) is 0. The van der Waals surface area contributed by atoms with Gasteiger partial charge in [-0.15, -0.1) is 0 Å². The van der Waals surface area contributed by atoms with E-state index in [1.165, 1.54) is 0 Å². The lowest BCUT2D eigenvalue weighted by molar-refractivity contribution is -0.117. The molecule has 0 aromatic rings. The fourth-order valence-electron chi connectivity index (χ4n) is 0.946. The number of amides is 1. The first-order valence-electron chi connectivity index (χ1n) is 4.92. The second-order valence-corrected chi connectivity index (χ2v) is 3.69. The topological polar surface area (TPSA) is 26.8 Å². The van der Waals surface area contributed by atoms with Crippen molar-refractivity contribution < 1.29 is 4.79 Å². The number of carbonyl (C=O) groups is 1. The summed E-state index contributed by atoms with van der Waals surface area (Å²) in [5.41, 5.74) is 0. The highest BCUT2D eigenvalue weighted by Gasteiger charge is 2.01. The molecule has 0 fully saturated rings. The zero-order chi connectivity index (χ0) is 11.0. The van der Waals surface area contributed by atoms with Gasteiger partial charge in [-0.05, 0) is 27.6 Å². The molecule has 0 aliphatic carbocycles. The van der Waals surface area contributed by atoms with E-state index in [9.17, 15) is 4.79 Å². The third-order valence-corrected chi connectivity index (χ3v) is 2.26. The molecule has 4 heteroatoms. The summed E-state index contributed by atoms with van der Waals surface area (Å²) in [6.45, 7) is 8.37. The molecule has 0 aliphatic rings. The first-order valence-corrected chi connectivity index (χ1v) is 4.92. The molecule has 0 saturated heterocycles. The van der Waals surface area contributed by atoms with Crippen LogP contribution in [0.4, 0.5) is 0 Å². The number of likely N-dealkylation sites (N-methyl/N-ethyl adjacent to an activating group) is 3. The molecule has 0 rings (SSSR count). The van der Waals surface area contributed by atoms with Gasteiger partial charge in [-0.3, -0.25) is 4.79 Å². The minimum atomic E-state index is 0.786. The first kappa shape index (κ1) is 13.4. The van der Waals surface area contributed by atoms with Crippen LogP contribution in [0.2, 0.25) is 0 Å². The number of hydrogen-bond acceptors (Lipinski definition) is 3. The fraction of sp³-hybridized carbons (Fsp3) is 0.800. The highest BCUT2D eigenvalue weighted by atomic mass is 16.1. The van der Waals surface area contributed by atoms with Crippen LogP contribution in [0.15, 0.2) is 0 Å². The molecule has 0 aromatic carbocycles. The molecule has 0 atom stereocenters. The molecule has 4 nitrogen and oxygen atoms in total. The van der Waals surface area contributed by atoms with Gasteiger partial charge >= 0.3 is 0 Å². The van der Waals surface area contributed by atoms with Gasteiger partial charge in [-0.1, -0.05) is 0 Å². The number of nitrogens with zero attached hydrogens (tertiary/aromatic N) is 3. The normalized spacial score (nSPS) is 11.0. The first-order chi connectivity index (χ1) is 6.60. The van der Waals surface area contributed by atoms with Crippen molar-refractivity contribution in [3.8, 4) is 0 Å². The summed E-state index contributed by atoms with van der Waals surface area (Å²) in [5.74, 6) is 0. The maximum Gasteiger partial charge on any atom is 0.209 e. The van der Waals surface area contributed by atoms with Crippen molar-refractivity contribution in [2.45, 2.75) is 0 Å². The van der Waals surface area contributed by atoms with Crippen LogP contribution in [0, 0.1) is 6.92 Å².